The highest BCUT2D eigenvalue weighted by molar-refractivity contribution is 6.31. The molecule has 0 bridgehead atoms. The first kappa shape index (κ1) is 18.0. The fourth-order valence-corrected chi connectivity index (χ4v) is 4.44. The lowest BCUT2D eigenvalue weighted by molar-refractivity contribution is 0.151. The topological polar surface area (TPSA) is 31.4 Å². The number of nitrogens with zero attached hydrogens (tertiary/aromatic N) is 3. The minimum Gasteiger partial charge on any atom is -0.380 e. The third-order valence-corrected chi connectivity index (χ3v) is 5.98. The lowest BCUT2D eigenvalue weighted by Crippen LogP contribution is -2.47. The van der Waals surface area contributed by atoms with Gasteiger partial charge in [0.1, 0.15) is 0 Å². The molecule has 0 spiro atoms. The zero-order chi connectivity index (χ0) is 18.1. The molecule has 1 aliphatic carbocycles. The molecule has 1 atom stereocenters. The summed E-state index contributed by atoms with van der Waals surface area (Å²) in [4.78, 5) is 9.91. The molecule has 5 heteroatoms. The monoisotopic (exact) mass is 372 g/mol. The van der Waals surface area contributed by atoms with Crippen LogP contribution >= 0.6 is 11.6 Å². The Hall–Kier alpha value is -1.36. The van der Waals surface area contributed by atoms with Crippen LogP contribution in [0.1, 0.15) is 31.0 Å². The molecule has 4 rings (SSSR count). The van der Waals surface area contributed by atoms with Crippen LogP contribution in [0, 0.1) is 0 Å². The van der Waals surface area contributed by atoms with Gasteiger partial charge in [-0.25, -0.2) is 0 Å². The van der Waals surface area contributed by atoms with Crippen LogP contribution < -0.4 is 5.32 Å². The Kier molecular flexibility index (Phi) is 5.35. The Bertz CT molecular complexity index is 783. The third kappa shape index (κ3) is 3.83. The molecule has 2 aromatic rings. The number of likely N-dealkylation sites (N-methyl/N-ethyl adjacent to an activating group) is 1. The molecule has 1 aromatic heterocycles. The van der Waals surface area contributed by atoms with Crippen LogP contribution in [0.25, 0.3) is 10.9 Å². The van der Waals surface area contributed by atoms with E-state index in [0.717, 1.165) is 43.0 Å². The van der Waals surface area contributed by atoms with Gasteiger partial charge in [-0.05, 0) is 63.4 Å². The number of rotatable bonds is 4. The Labute approximate surface area is 161 Å². The van der Waals surface area contributed by atoms with Crippen molar-refractivity contribution in [2.24, 2.45) is 0 Å². The second-order valence-electron chi connectivity index (χ2n) is 7.93. The third-order valence-electron chi connectivity index (χ3n) is 5.74. The zero-order valence-electron chi connectivity index (χ0n) is 15.9. The van der Waals surface area contributed by atoms with Crippen molar-refractivity contribution < 1.29 is 0 Å². The Balaban J connectivity index is 1.60. The summed E-state index contributed by atoms with van der Waals surface area (Å²) in [7, 11) is 2.21. The normalized spacial score (nSPS) is 20.1. The maximum Gasteiger partial charge on any atom is 0.0741 e. The first-order chi connectivity index (χ1) is 12.6. The quantitative estimate of drug-likeness (QED) is 0.884. The minimum atomic E-state index is 0.408. The smallest absolute Gasteiger partial charge is 0.0741 e. The molecule has 140 valence electrons. The maximum absolute atomic E-state index is 6.23. The van der Waals surface area contributed by atoms with E-state index in [1.54, 1.807) is 0 Å². The molecule has 2 aliphatic rings. The van der Waals surface area contributed by atoms with Gasteiger partial charge in [-0.15, -0.1) is 0 Å². The van der Waals surface area contributed by atoms with Crippen LogP contribution in [0.2, 0.25) is 5.02 Å². The van der Waals surface area contributed by atoms with Crippen LogP contribution in [0.5, 0.6) is 0 Å². The van der Waals surface area contributed by atoms with E-state index in [1.807, 2.05) is 12.1 Å². The number of fused-ring (bicyclic) bond motifs is 2. The molecule has 1 saturated heterocycles. The zero-order valence-corrected chi connectivity index (χ0v) is 16.6. The van der Waals surface area contributed by atoms with Gasteiger partial charge >= 0.3 is 0 Å². The molecule has 1 aromatic carbocycles. The summed E-state index contributed by atoms with van der Waals surface area (Å²) in [5.41, 5.74) is 5.01. The predicted octanol–water partition coefficient (Wildman–Crippen LogP) is 3.81. The molecule has 1 aliphatic heterocycles. The summed E-state index contributed by atoms with van der Waals surface area (Å²) in [6.07, 6.45) is 4.71. The van der Waals surface area contributed by atoms with Gasteiger partial charge in [-0.3, -0.25) is 9.88 Å². The average Bonchev–Trinajstić information content (AvgIpc) is 2.63. The van der Waals surface area contributed by atoms with Gasteiger partial charge in [0.2, 0.25) is 0 Å². The second-order valence-corrected chi connectivity index (χ2v) is 8.37. The largest absolute Gasteiger partial charge is 0.380 e. The number of pyridine rings is 1. The number of aryl methyl sites for hydroxylation is 1. The van der Waals surface area contributed by atoms with E-state index < -0.39 is 0 Å². The van der Waals surface area contributed by atoms with Gasteiger partial charge in [-0.1, -0.05) is 11.6 Å². The van der Waals surface area contributed by atoms with Gasteiger partial charge in [0, 0.05) is 60.6 Å². The van der Waals surface area contributed by atoms with Crippen molar-refractivity contribution in [2.45, 2.75) is 38.6 Å². The number of halogens is 1. The van der Waals surface area contributed by atoms with Crippen LogP contribution in [-0.2, 0) is 12.8 Å². The number of piperazine rings is 1. The maximum atomic E-state index is 6.23. The van der Waals surface area contributed by atoms with E-state index >= 15 is 0 Å². The van der Waals surface area contributed by atoms with Crippen molar-refractivity contribution in [2.75, 3.05) is 45.1 Å². The number of anilines is 1. The molecule has 1 fully saturated rings. The first-order valence-electron chi connectivity index (χ1n) is 9.88. The summed E-state index contributed by atoms with van der Waals surface area (Å²) >= 11 is 6.23. The molecule has 4 nitrogen and oxygen atoms in total. The highest BCUT2D eigenvalue weighted by atomic mass is 35.5. The molecule has 0 amide bonds. The van der Waals surface area contributed by atoms with Crippen LogP contribution in [0.3, 0.4) is 0 Å². The summed E-state index contributed by atoms with van der Waals surface area (Å²) in [6.45, 7) is 8.04. The number of aromatic nitrogens is 1. The Morgan fingerprint density at radius 3 is 2.73 bits per heavy atom. The van der Waals surface area contributed by atoms with E-state index in [0.29, 0.717) is 6.04 Å². The first-order valence-corrected chi connectivity index (χ1v) is 10.3. The molecule has 0 radical (unpaired) electrons. The summed E-state index contributed by atoms with van der Waals surface area (Å²) < 4.78 is 0. The standard InChI is InChI=1S/C21H29ClN4/c1-15(14-26-11-9-25(2)10-12-26)23-21-17-5-3-4-6-19(17)24-20-13-16(22)7-8-18(20)21/h7-8,13,15H,3-6,9-12,14H2,1-2H3,(H,23,24). The van der Waals surface area contributed by atoms with Gasteiger partial charge in [0.15, 0.2) is 0 Å². The van der Waals surface area contributed by atoms with Gasteiger partial charge in [0.05, 0.1) is 5.52 Å². The lowest BCUT2D eigenvalue weighted by Gasteiger charge is -2.34. The number of benzene rings is 1. The van der Waals surface area contributed by atoms with E-state index in [2.05, 4.69) is 35.2 Å². The van der Waals surface area contributed by atoms with E-state index in [9.17, 15) is 0 Å². The molecular formula is C21H29ClN4. The van der Waals surface area contributed by atoms with E-state index in [4.69, 9.17) is 16.6 Å². The van der Waals surface area contributed by atoms with E-state index in [1.165, 1.54) is 48.3 Å². The molecule has 1 unspecified atom stereocenters. The fraction of sp³-hybridized carbons (Fsp3) is 0.571. The highest BCUT2D eigenvalue weighted by Gasteiger charge is 2.21. The van der Waals surface area contributed by atoms with Crippen molar-refractivity contribution >= 4 is 28.2 Å². The molecule has 26 heavy (non-hydrogen) atoms. The average molecular weight is 373 g/mol. The highest BCUT2D eigenvalue weighted by Crippen LogP contribution is 2.34. The van der Waals surface area contributed by atoms with Gasteiger partial charge in [0.25, 0.3) is 0 Å². The second kappa shape index (κ2) is 7.71. The number of hydrogen-bond acceptors (Lipinski definition) is 4. The predicted molar refractivity (Wildman–Crippen MR) is 110 cm³/mol. The van der Waals surface area contributed by atoms with E-state index in [-0.39, 0.29) is 0 Å². The van der Waals surface area contributed by atoms with Crippen molar-refractivity contribution in [3.8, 4) is 0 Å². The molecule has 1 N–H and O–H groups in total. The molecular weight excluding hydrogens is 344 g/mol. The summed E-state index contributed by atoms with van der Waals surface area (Å²) in [5, 5.41) is 5.82. The Morgan fingerprint density at radius 1 is 1.15 bits per heavy atom. The fourth-order valence-electron chi connectivity index (χ4n) is 4.27. The summed E-state index contributed by atoms with van der Waals surface area (Å²) in [5.74, 6) is 0. The number of nitrogens with one attached hydrogen (secondary N) is 1. The molecule has 0 saturated carbocycles. The minimum absolute atomic E-state index is 0.408. The van der Waals surface area contributed by atoms with Crippen molar-refractivity contribution in [3.63, 3.8) is 0 Å². The van der Waals surface area contributed by atoms with Crippen LogP contribution in [0.4, 0.5) is 5.69 Å². The SMILES string of the molecule is CC(CN1CCN(C)CC1)Nc1c2c(nc3cc(Cl)ccc13)CCCC2. The van der Waals surface area contributed by atoms with Gasteiger partial charge < -0.3 is 10.2 Å². The van der Waals surface area contributed by atoms with Crippen LogP contribution in [-0.4, -0.2) is 60.6 Å². The van der Waals surface area contributed by atoms with Crippen molar-refractivity contribution in [3.05, 3.63) is 34.5 Å². The Morgan fingerprint density at radius 2 is 1.92 bits per heavy atom. The van der Waals surface area contributed by atoms with Crippen molar-refractivity contribution in [1.82, 2.24) is 14.8 Å². The molecule has 2 heterocycles. The lowest BCUT2D eigenvalue weighted by atomic mass is 9.92. The number of hydrogen-bond donors (Lipinski definition) is 1. The van der Waals surface area contributed by atoms with Crippen LogP contribution in [0.15, 0.2) is 18.2 Å². The van der Waals surface area contributed by atoms with Crippen molar-refractivity contribution in [1.29, 1.82) is 0 Å². The summed E-state index contributed by atoms with van der Waals surface area (Å²) in [6, 6.07) is 6.52. The van der Waals surface area contributed by atoms with Gasteiger partial charge in [-0.2, -0.15) is 0 Å².